The second-order valence-corrected chi connectivity index (χ2v) is 8.63. The minimum atomic E-state index is -0.855. The number of nitrogens with one attached hydrogen (secondary N) is 2. The summed E-state index contributed by atoms with van der Waals surface area (Å²) in [7, 11) is 1.48. The van der Waals surface area contributed by atoms with Crippen molar-refractivity contribution in [2.75, 3.05) is 13.7 Å². The molecule has 0 bridgehead atoms. The second-order valence-electron chi connectivity index (χ2n) is 8.19. The van der Waals surface area contributed by atoms with Crippen LogP contribution in [0.25, 0.3) is 5.69 Å². The number of aryl methyl sites for hydroxylation is 1. The van der Waals surface area contributed by atoms with Crippen molar-refractivity contribution in [3.8, 4) is 17.2 Å². The maximum absolute atomic E-state index is 12.6. The first-order valence-electron chi connectivity index (χ1n) is 11.0. The van der Waals surface area contributed by atoms with Crippen LogP contribution in [0.4, 0.5) is 0 Å². The van der Waals surface area contributed by atoms with Gasteiger partial charge in [-0.2, -0.15) is 5.10 Å². The fourth-order valence-electron chi connectivity index (χ4n) is 3.13. The Hall–Kier alpha value is -3.85. The number of hydrazine groups is 1. The van der Waals surface area contributed by atoms with Gasteiger partial charge in [-0.15, -0.1) is 0 Å². The Morgan fingerprint density at radius 2 is 1.71 bits per heavy atom. The summed E-state index contributed by atoms with van der Waals surface area (Å²) in [6.07, 6.45) is 0.879. The molecule has 3 aromatic rings. The van der Waals surface area contributed by atoms with Crippen LogP contribution in [0.1, 0.15) is 46.8 Å². The number of ether oxygens (including phenoxy) is 2. The normalized spacial score (nSPS) is 10.7. The predicted octanol–water partition coefficient (Wildman–Crippen LogP) is 3.70. The lowest BCUT2D eigenvalue weighted by Gasteiger charge is -2.14. The van der Waals surface area contributed by atoms with Crippen molar-refractivity contribution in [2.24, 2.45) is 5.92 Å². The molecule has 35 heavy (non-hydrogen) atoms. The molecule has 0 saturated heterocycles. The van der Waals surface area contributed by atoms with Crippen LogP contribution in [-0.2, 0) is 0 Å². The van der Waals surface area contributed by atoms with Gasteiger partial charge in [-0.3, -0.25) is 25.2 Å². The smallest absolute Gasteiger partial charge is 0.294 e. The number of hydrogen-bond donors (Lipinski definition) is 2. The molecule has 1 aromatic heterocycles. The van der Waals surface area contributed by atoms with E-state index in [0.29, 0.717) is 40.4 Å². The van der Waals surface area contributed by atoms with Crippen molar-refractivity contribution in [3.05, 3.63) is 80.7 Å². The van der Waals surface area contributed by atoms with Gasteiger partial charge in [-0.1, -0.05) is 25.4 Å². The Morgan fingerprint density at radius 3 is 2.37 bits per heavy atom. The molecule has 0 aliphatic heterocycles. The van der Waals surface area contributed by atoms with E-state index in [1.165, 1.54) is 23.9 Å². The topological polar surface area (TPSA) is 112 Å². The van der Waals surface area contributed by atoms with E-state index in [9.17, 15) is 14.4 Å². The maximum atomic E-state index is 12.6. The van der Waals surface area contributed by atoms with E-state index in [1.807, 2.05) is 0 Å². The monoisotopic (exact) mass is 498 g/mol. The van der Waals surface area contributed by atoms with Gasteiger partial charge in [0.2, 0.25) is 5.43 Å². The van der Waals surface area contributed by atoms with Gasteiger partial charge >= 0.3 is 0 Å². The number of rotatable bonds is 8. The van der Waals surface area contributed by atoms with E-state index in [1.54, 1.807) is 43.3 Å². The number of methoxy groups -OCH3 is 1. The number of carbonyl (C=O) groups is 2. The molecule has 10 heteroatoms. The zero-order valence-corrected chi connectivity index (χ0v) is 20.7. The van der Waals surface area contributed by atoms with Crippen LogP contribution >= 0.6 is 11.6 Å². The van der Waals surface area contributed by atoms with Gasteiger partial charge in [0.15, 0.2) is 17.2 Å². The number of carbonyl (C=O) groups excluding carboxylic acids is 2. The largest absolute Gasteiger partial charge is 0.493 e. The van der Waals surface area contributed by atoms with Crippen molar-refractivity contribution < 1.29 is 19.1 Å². The Morgan fingerprint density at radius 1 is 1.03 bits per heavy atom. The van der Waals surface area contributed by atoms with Gasteiger partial charge in [-0.05, 0) is 61.7 Å². The predicted molar refractivity (Wildman–Crippen MR) is 132 cm³/mol. The van der Waals surface area contributed by atoms with E-state index < -0.39 is 17.2 Å². The summed E-state index contributed by atoms with van der Waals surface area (Å²) in [6.45, 7) is 6.41. The third kappa shape index (κ3) is 6.60. The molecule has 2 amide bonds. The third-order valence-electron chi connectivity index (χ3n) is 5.06. The number of benzene rings is 2. The fourth-order valence-corrected chi connectivity index (χ4v) is 3.25. The van der Waals surface area contributed by atoms with Crippen LogP contribution in [0.3, 0.4) is 0 Å². The highest BCUT2D eigenvalue weighted by Crippen LogP contribution is 2.28. The van der Waals surface area contributed by atoms with Crippen LogP contribution in [0, 0.1) is 12.8 Å². The SMILES string of the molecule is COc1cc(C(=O)NNC(=O)c2nn(-c3ccc(Cl)cc3)c(C)cc2=O)ccc1OCCC(C)C. The zero-order valence-electron chi connectivity index (χ0n) is 19.9. The van der Waals surface area contributed by atoms with Gasteiger partial charge in [0.1, 0.15) is 0 Å². The summed E-state index contributed by atoms with van der Waals surface area (Å²) in [5, 5.41) is 4.70. The molecular formula is C25H27ClN4O5. The first-order chi connectivity index (χ1) is 16.7. The van der Waals surface area contributed by atoms with E-state index in [-0.39, 0.29) is 11.3 Å². The lowest BCUT2D eigenvalue weighted by Crippen LogP contribution is -2.44. The van der Waals surface area contributed by atoms with Crippen LogP contribution in [0.2, 0.25) is 5.02 Å². The van der Waals surface area contributed by atoms with Gasteiger partial charge in [-0.25, -0.2) is 4.68 Å². The number of amides is 2. The highest BCUT2D eigenvalue weighted by Gasteiger charge is 2.17. The quantitative estimate of drug-likeness (QED) is 0.458. The van der Waals surface area contributed by atoms with Crippen molar-refractivity contribution in [1.82, 2.24) is 20.6 Å². The minimum Gasteiger partial charge on any atom is -0.493 e. The molecule has 1 heterocycles. The summed E-state index contributed by atoms with van der Waals surface area (Å²) in [5.41, 5.74) is 4.95. The van der Waals surface area contributed by atoms with E-state index in [2.05, 4.69) is 29.8 Å². The van der Waals surface area contributed by atoms with Crippen LogP contribution in [0.5, 0.6) is 11.5 Å². The molecule has 0 aliphatic rings. The lowest BCUT2D eigenvalue weighted by atomic mass is 10.1. The Labute approximate surface area is 208 Å². The van der Waals surface area contributed by atoms with Gasteiger partial charge in [0.25, 0.3) is 11.8 Å². The van der Waals surface area contributed by atoms with Crippen molar-refractivity contribution in [3.63, 3.8) is 0 Å². The van der Waals surface area contributed by atoms with E-state index >= 15 is 0 Å². The van der Waals surface area contributed by atoms with Gasteiger partial charge in [0.05, 0.1) is 19.4 Å². The molecule has 0 unspecified atom stereocenters. The second kappa shape index (κ2) is 11.5. The molecule has 3 rings (SSSR count). The minimum absolute atomic E-state index is 0.230. The molecule has 0 fully saturated rings. The molecule has 0 saturated carbocycles. The first kappa shape index (κ1) is 25.8. The van der Waals surface area contributed by atoms with Gasteiger partial charge < -0.3 is 9.47 Å². The summed E-state index contributed by atoms with van der Waals surface area (Å²) in [5.74, 6) is -0.0608. The van der Waals surface area contributed by atoms with Crippen LogP contribution in [-0.4, -0.2) is 35.3 Å². The van der Waals surface area contributed by atoms with Crippen molar-refractivity contribution in [1.29, 1.82) is 0 Å². The average Bonchev–Trinajstić information content (AvgIpc) is 2.83. The van der Waals surface area contributed by atoms with Crippen molar-refractivity contribution >= 4 is 23.4 Å². The molecule has 184 valence electrons. The molecule has 9 nitrogen and oxygen atoms in total. The van der Waals surface area contributed by atoms with Gasteiger partial charge in [0, 0.05) is 22.3 Å². The molecule has 0 spiro atoms. The average molecular weight is 499 g/mol. The maximum Gasteiger partial charge on any atom is 0.294 e. The summed E-state index contributed by atoms with van der Waals surface area (Å²) < 4.78 is 12.5. The lowest BCUT2D eigenvalue weighted by molar-refractivity contribution is 0.0842. The highest BCUT2D eigenvalue weighted by molar-refractivity contribution is 6.30. The number of nitrogens with zero attached hydrogens (tertiary/aromatic N) is 2. The standard InChI is InChI=1S/C25H27ClN4O5/c1-15(2)11-12-35-21-10-5-17(14-22(21)34-4)24(32)27-28-25(33)23-20(31)13-16(3)30(29-23)19-8-6-18(26)7-9-19/h5-10,13-15H,11-12H2,1-4H3,(H,27,32)(H,28,33). The number of aromatic nitrogens is 2. The Bertz CT molecular complexity index is 1270. The van der Waals surface area contributed by atoms with Crippen LogP contribution < -0.4 is 25.8 Å². The Balaban J connectivity index is 1.71. The number of hydrogen-bond acceptors (Lipinski definition) is 6. The molecular weight excluding hydrogens is 472 g/mol. The molecule has 0 radical (unpaired) electrons. The summed E-state index contributed by atoms with van der Waals surface area (Å²) in [6, 6.07) is 12.7. The first-order valence-corrected chi connectivity index (χ1v) is 11.4. The zero-order chi connectivity index (χ0) is 25.5. The fraction of sp³-hybridized carbons (Fsp3) is 0.280. The highest BCUT2D eigenvalue weighted by atomic mass is 35.5. The van der Waals surface area contributed by atoms with Crippen LogP contribution in [0.15, 0.2) is 53.3 Å². The summed E-state index contributed by atoms with van der Waals surface area (Å²) in [4.78, 5) is 37.6. The third-order valence-corrected chi connectivity index (χ3v) is 5.31. The van der Waals surface area contributed by atoms with E-state index in [0.717, 1.165) is 6.42 Å². The molecule has 0 atom stereocenters. The van der Waals surface area contributed by atoms with Crippen molar-refractivity contribution in [2.45, 2.75) is 27.2 Å². The summed E-state index contributed by atoms with van der Waals surface area (Å²) >= 11 is 5.93. The number of halogens is 1. The molecule has 2 aromatic carbocycles. The van der Waals surface area contributed by atoms with E-state index in [4.69, 9.17) is 21.1 Å². The molecule has 0 aliphatic carbocycles. The Kier molecular flexibility index (Phi) is 8.48. The molecule has 2 N–H and O–H groups in total.